The SMILES string of the molecule is CCNC(=O)c1ccc(N)c(N(C)Cc2csc(C)n2)c1. The molecule has 2 aromatic rings. The number of hydrogen-bond acceptors (Lipinski definition) is 5. The monoisotopic (exact) mass is 304 g/mol. The third kappa shape index (κ3) is 3.72. The van der Waals surface area contributed by atoms with Gasteiger partial charge in [-0.1, -0.05) is 0 Å². The first-order valence-corrected chi connectivity index (χ1v) is 7.69. The van der Waals surface area contributed by atoms with Crippen LogP contribution in [0.15, 0.2) is 23.6 Å². The summed E-state index contributed by atoms with van der Waals surface area (Å²) in [5.74, 6) is -0.0864. The topological polar surface area (TPSA) is 71.2 Å². The van der Waals surface area contributed by atoms with Gasteiger partial charge < -0.3 is 16.0 Å². The number of amides is 1. The van der Waals surface area contributed by atoms with E-state index in [4.69, 9.17) is 5.73 Å². The number of carbonyl (C=O) groups is 1. The Morgan fingerprint density at radius 2 is 2.24 bits per heavy atom. The number of nitrogen functional groups attached to an aromatic ring is 1. The Balaban J connectivity index is 2.21. The van der Waals surface area contributed by atoms with Crippen molar-refractivity contribution >= 4 is 28.6 Å². The zero-order valence-electron chi connectivity index (χ0n) is 12.5. The Labute approximate surface area is 128 Å². The summed E-state index contributed by atoms with van der Waals surface area (Å²) >= 11 is 1.63. The maximum absolute atomic E-state index is 11.9. The molecule has 2 rings (SSSR count). The number of anilines is 2. The molecule has 0 saturated heterocycles. The predicted molar refractivity (Wildman–Crippen MR) is 87.8 cm³/mol. The highest BCUT2D eigenvalue weighted by molar-refractivity contribution is 7.09. The van der Waals surface area contributed by atoms with Gasteiger partial charge in [-0.15, -0.1) is 11.3 Å². The van der Waals surface area contributed by atoms with E-state index >= 15 is 0 Å². The molecule has 0 radical (unpaired) electrons. The molecule has 3 N–H and O–H groups in total. The highest BCUT2D eigenvalue weighted by Crippen LogP contribution is 2.25. The van der Waals surface area contributed by atoms with E-state index in [1.165, 1.54) is 0 Å². The van der Waals surface area contributed by atoms with Gasteiger partial charge in [-0.3, -0.25) is 4.79 Å². The van der Waals surface area contributed by atoms with E-state index in [1.807, 2.05) is 37.2 Å². The molecule has 0 atom stereocenters. The minimum Gasteiger partial charge on any atom is -0.397 e. The zero-order valence-corrected chi connectivity index (χ0v) is 13.3. The van der Waals surface area contributed by atoms with Crippen molar-refractivity contribution in [3.63, 3.8) is 0 Å². The van der Waals surface area contributed by atoms with Crippen molar-refractivity contribution < 1.29 is 4.79 Å². The number of aromatic nitrogens is 1. The molecule has 0 aliphatic rings. The molecule has 0 unspecified atom stereocenters. The molecule has 0 aliphatic heterocycles. The molecule has 0 fully saturated rings. The Bertz CT molecular complexity index is 638. The number of nitrogens with two attached hydrogens (primary N) is 1. The lowest BCUT2D eigenvalue weighted by molar-refractivity contribution is 0.0956. The highest BCUT2D eigenvalue weighted by Gasteiger charge is 2.12. The number of thiazole rings is 1. The van der Waals surface area contributed by atoms with Crippen molar-refractivity contribution in [2.24, 2.45) is 0 Å². The van der Waals surface area contributed by atoms with Crippen LogP contribution in [0.3, 0.4) is 0 Å². The Morgan fingerprint density at radius 3 is 2.86 bits per heavy atom. The number of hydrogen-bond donors (Lipinski definition) is 2. The third-order valence-electron chi connectivity index (χ3n) is 3.11. The van der Waals surface area contributed by atoms with Crippen LogP contribution in [-0.2, 0) is 6.54 Å². The first-order valence-electron chi connectivity index (χ1n) is 6.81. The first-order chi connectivity index (χ1) is 10.0. The van der Waals surface area contributed by atoms with Crippen molar-refractivity contribution in [1.29, 1.82) is 0 Å². The number of benzene rings is 1. The summed E-state index contributed by atoms with van der Waals surface area (Å²) in [5, 5.41) is 5.87. The largest absolute Gasteiger partial charge is 0.397 e. The fraction of sp³-hybridized carbons (Fsp3) is 0.333. The maximum Gasteiger partial charge on any atom is 0.251 e. The van der Waals surface area contributed by atoms with Gasteiger partial charge in [0.05, 0.1) is 28.6 Å². The van der Waals surface area contributed by atoms with E-state index in [0.29, 0.717) is 24.3 Å². The standard InChI is InChI=1S/C15H20N4OS/c1-4-17-15(20)11-5-6-13(16)14(7-11)19(3)8-12-9-21-10(2)18-12/h5-7,9H,4,8,16H2,1-3H3,(H,17,20). The first kappa shape index (κ1) is 15.3. The van der Waals surface area contributed by atoms with Gasteiger partial charge in [-0.2, -0.15) is 0 Å². The van der Waals surface area contributed by atoms with Crippen LogP contribution in [0.1, 0.15) is 28.0 Å². The van der Waals surface area contributed by atoms with Crippen LogP contribution < -0.4 is 16.0 Å². The minimum absolute atomic E-state index is 0.0864. The van der Waals surface area contributed by atoms with Crippen molar-refractivity contribution in [3.05, 3.63) is 39.8 Å². The summed E-state index contributed by atoms with van der Waals surface area (Å²) in [4.78, 5) is 18.4. The summed E-state index contributed by atoms with van der Waals surface area (Å²) in [6.45, 7) is 5.14. The molecule has 0 bridgehead atoms. The molecule has 1 amide bonds. The third-order valence-corrected chi connectivity index (χ3v) is 3.93. The minimum atomic E-state index is -0.0864. The summed E-state index contributed by atoms with van der Waals surface area (Å²) < 4.78 is 0. The number of nitrogens with one attached hydrogen (secondary N) is 1. The number of nitrogens with zero attached hydrogens (tertiary/aromatic N) is 2. The molecule has 112 valence electrons. The lowest BCUT2D eigenvalue weighted by Crippen LogP contribution is -2.24. The highest BCUT2D eigenvalue weighted by atomic mass is 32.1. The number of carbonyl (C=O) groups excluding carboxylic acids is 1. The van der Waals surface area contributed by atoms with Crippen molar-refractivity contribution in [3.8, 4) is 0 Å². The van der Waals surface area contributed by atoms with Gasteiger partial charge in [0.1, 0.15) is 0 Å². The van der Waals surface area contributed by atoms with Crippen LogP contribution in [0.5, 0.6) is 0 Å². The van der Waals surface area contributed by atoms with Crippen LogP contribution in [0.2, 0.25) is 0 Å². The molecular weight excluding hydrogens is 284 g/mol. The summed E-state index contributed by atoms with van der Waals surface area (Å²) in [7, 11) is 1.95. The van der Waals surface area contributed by atoms with E-state index in [-0.39, 0.29) is 5.91 Å². The van der Waals surface area contributed by atoms with Gasteiger partial charge in [0.2, 0.25) is 0 Å². The smallest absolute Gasteiger partial charge is 0.251 e. The van der Waals surface area contributed by atoms with Gasteiger partial charge >= 0.3 is 0 Å². The van der Waals surface area contributed by atoms with Gasteiger partial charge in [0, 0.05) is 24.5 Å². The van der Waals surface area contributed by atoms with Gasteiger partial charge in [-0.25, -0.2) is 4.98 Å². The maximum atomic E-state index is 11.9. The van der Waals surface area contributed by atoms with E-state index in [0.717, 1.165) is 16.4 Å². The van der Waals surface area contributed by atoms with E-state index < -0.39 is 0 Å². The summed E-state index contributed by atoms with van der Waals surface area (Å²) in [6, 6.07) is 5.33. The van der Waals surface area contributed by atoms with Gasteiger partial charge in [-0.05, 0) is 32.0 Å². The normalized spacial score (nSPS) is 10.4. The fourth-order valence-corrected chi connectivity index (χ4v) is 2.69. The second kappa shape index (κ2) is 6.58. The van der Waals surface area contributed by atoms with Crippen molar-refractivity contribution in [2.45, 2.75) is 20.4 Å². The molecule has 1 aromatic carbocycles. The molecule has 0 spiro atoms. The van der Waals surface area contributed by atoms with Gasteiger partial charge in [0.15, 0.2) is 0 Å². The predicted octanol–water partition coefficient (Wildman–Crippen LogP) is 2.42. The quantitative estimate of drug-likeness (QED) is 0.832. The number of rotatable bonds is 5. The molecule has 1 aromatic heterocycles. The fourth-order valence-electron chi connectivity index (χ4n) is 2.09. The molecule has 0 aliphatic carbocycles. The summed E-state index contributed by atoms with van der Waals surface area (Å²) in [6.07, 6.45) is 0. The van der Waals surface area contributed by atoms with Crippen LogP contribution in [0.25, 0.3) is 0 Å². The van der Waals surface area contributed by atoms with E-state index in [2.05, 4.69) is 10.3 Å². The molecule has 1 heterocycles. The van der Waals surface area contributed by atoms with Crippen LogP contribution in [-0.4, -0.2) is 24.5 Å². The van der Waals surface area contributed by atoms with E-state index in [1.54, 1.807) is 23.5 Å². The zero-order chi connectivity index (χ0) is 15.4. The average Bonchev–Trinajstić information content (AvgIpc) is 2.84. The Kier molecular flexibility index (Phi) is 4.80. The summed E-state index contributed by atoms with van der Waals surface area (Å²) in [5.41, 5.74) is 9.14. The molecule has 0 saturated carbocycles. The van der Waals surface area contributed by atoms with Crippen LogP contribution in [0, 0.1) is 6.92 Å². The van der Waals surface area contributed by atoms with Crippen LogP contribution >= 0.6 is 11.3 Å². The van der Waals surface area contributed by atoms with Crippen molar-refractivity contribution in [1.82, 2.24) is 10.3 Å². The van der Waals surface area contributed by atoms with Crippen LogP contribution in [0.4, 0.5) is 11.4 Å². The molecule has 5 nitrogen and oxygen atoms in total. The number of aryl methyl sites for hydroxylation is 1. The molecule has 21 heavy (non-hydrogen) atoms. The van der Waals surface area contributed by atoms with Crippen molar-refractivity contribution in [2.75, 3.05) is 24.2 Å². The van der Waals surface area contributed by atoms with E-state index in [9.17, 15) is 4.79 Å². The Morgan fingerprint density at radius 1 is 1.48 bits per heavy atom. The lowest BCUT2D eigenvalue weighted by atomic mass is 10.1. The lowest BCUT2D eigenvalue weighted by Gasteiger charge is -2.21. The average molecular weight is 304 g/mol. The van der Waals surface area contributed by atoms with Gasteiger partial charge in [0.25, 0.3) is 5.91 Å². The molecule has 6 heteroatoms. The second-order valence-electron chi connectivity index (χ2n) is 4.85. The molecular formula is C15H20N4OS. The second-order valence-corrected chi connectivity index (χ2v) is 5.91. The Hall–Kier alpha value is -2.08.